The Hall–Kier alpha value is -1.59. The van der Waals surface area contributed by atoms with Gasteiger partial charge < -0.3 is 15.3 Å². The molecule has 2 rings (SSSR count). The molecule has 2 N–H and O–H groups in total. The van der Waals surface area contributed by atoms with Gasteiger partial charge in [-0.05, 0) is 18.3 Å². The highest BCUT2D eigenvalue weighted by atomic mass is 16.4. The molecule has 1 saturated heterocycles. The lowest BCUT2D eigenvalue weighted by Crippen LogP contribution is -2.50. The number of piperidine rings is 1. The van der Waals surface area contributed by atoms with E-state index >= 15 is 0 Å². The van der Waals surface area contributed by atoms with Crippen molar-refractivity contribution >= 4 is 17.8 Å². The van der Waals surface area contributed by atoms with E-state index in [1.54, 1.807) is 4.90 Å². The molecule has 20 heavy (non-hydrogen) atoms. The highest BCUT2D eigenvalue weighted by molar-refractivity contribution is 5.91. The zero-order chi connectivity index (χ0) is 15.1. The van der Waals surface area contributed by atoms with Crippen molar-refractivity contribution < 1.29 is 19.5 Å². The molecule has 2 amide bonds. The summed E-state index contributed by atoms with van der Waals surface area (Å²) >= 11 is 0. The SMILES string of the molecule is CC(=O)NC1CCCN(C(=O)C2C(C(=O)O)C2(C)C)C1. The summed E-state index contributed by atoms with van der Waals surface area (Å²) < 4.78 is 0. The minimum Gasteiger partial charge on any atom is -0.481 e. The number of aliphatic carboxylic acids is 1. The number of nitrogens with zero attached hydrogens (tertiary/aromatic N) is 1. The number of likely N-dealkylation sites (tertiary alicyclic amines) is 1. The molecule has 1 aliphatic carbocycles. The van der Waals surface area contributed by atoms with Crippen LogP contribution in [0.4, 0.5) is 0 Å². The average molecular weight is 282 g/mol. The predicted octanol–water partition coefficient (Wildman–Crippen LogP) is 0.470. The maximum absolute atomic E-state index is 12.5. The van der Waals surface area contributed by atoms with E-state index in [9.17, 15) is 14.4 Å². The molecule has 112 valence electrons. The summed E-state index contributed by atoms with van der Waals surface area (Å²) in [6, 6.07) is -0.0182. The standard InChI is InChI=1S/C14H22N2O4/c1-8(17)15-9-5-4-6-16(7-9)12(18)10-11(13(19)20)14(10,2)3/h9-11H,4-7H2,1-3H3,(H,15,17)(H,19,20). The van der Waals surface area contributed by atoms with Gasteiger partial charge in [0.25, 0.3) is 0 Å². The van der Waals surface area contributed by atoms with Crippen molar-refractivity contribution in [3.05, 3.63) is 0 Å². The molecule has 0 aromatic rings. The minimum absolute atomic E-state index is 0.0182. The summed E-state index contributed by atoms with van der Waals surface area (Å²) in [6.45, 7) is 6.24. The van der Waals surface area contributed by atoms with Gasteiger partial charge in [-0.25, -0.2) is 0 Å². The van der Waals surface area contributed by atoms with Crippen LogP contribution in [0.15, 0.2) is 0 Å². The predicted molar refractivity (Wildman–Crippen MR) is 71.8 cm³/mol. The van der Waals surface area contributed by atoms with Crippen molar-refractivity contribution in [2.24, 2.45) is 17.3 Å². The van der Waals surface area contributed by atoms with E-state index in [1.165, 1.54) is 6.92 Å². The maximum Gasteiger partial charge on any atom is 0.307 e. The Kier molecular flexibility index (Phi) is 3.75. The van der Waals surface area contributed by atoms with Gasteiger partial charge in [0.15, 0.2) is 0 Å². The van der Waals surface area contributed by atoms with Gasteiger partial charge in [0.2, 0.25) is 11.8 Å². The van der Waals surface area contributed by atoms with Gasteiger partial charge in [-0.1, -0.05) is 13.8 Å². The minimum atomic E-state index is -0.899. The molecule has 3 unspecified atom stereocenters. The van der Waals surface area contributed by atoms with Gasteiger partial charge in [0.1, 0.15) is 0 Å². The molecule has 2 aliphatic rings. The van der Waals surface area contributed by atoms with Gasteiger partial charge >= 0.3 is 5.97 Å². The summed E-state index contributed by atoms with van der Waals surface area (Å²) in [7, 11) is 0. The maximum atomic E-state index is 12.5. The average Bonchev–Trinajstić information content (AvgIpc) is 2.91. The van der Waals surface area contributed by atoms with Crippen LogP contribution >= 0.6 is 0 Å². The van der Waals surface area contributed by atoms with Crippen LogP contribution in [0, 0.1) is 17.3 Å². The first-order valence-electron chi connectivity index (χ1n) is 7.04. The zero-order valence-corrected chi connectivity index (χ0v) is 12.2. The molecule has 0 aromatic carbocycles. The van der Waals surface area contributed by atoms with Gasteiger partial charge in [-0.15, -0.1) is 0 Å². The number of hydrogen-bond donors (Lipinski definition) is 2. The number of hydrogen-bond acceptors (Lipinski definition) is 3. The Morgan fingerprint density at radius 2 is 1.90 bits per heavy atom. The number of carboxylic acids is 1. The Morgan fingerprint density at radius 1 is 1.25 bits per heavy atom. The van der Waals surface area contributed by atoms with E-state index in [-0.39, 0.29) is 17.9 Å². The third-order valence-corrected chi connectivity index (χ3v) is 4.50. The Morgan fingerprint density at radius 3 is 2.40 bits per heavy atom. The van der Waals surface area contributed by atoms with Crippen molar-refractivity contribution in [3.63, 3.8) is 0 Å². The Balaban J connectivity index is 2.00. The number of carboxylic acid groups (broad SMARTS) is 1. The first kappa shape index (κ1) is 14.8. The van der Waals surface area contributed by atoms with Crippen LogP contribution in [0.3, 0.4) is 0 Å². The van der Waals surface area contributed by atoms with E-state index in [0.717, 1.165) is 12.8 Å². The summed E-state index contributed by atoms with van der Waals surface area (Å²) in [5.74, 6) is -2.10. The van der Waals surface area contributed by atoms with Crippen LogP contribution in [0.5, 0.6) is 0 Å². The summed E-state index contributed by atoms with van der Waals surface area (Å²) in [4.78, 5) is 36.4. The third kappa shape index (κ3) is 2.64. The second-order valence-corrected chi connectivity index (χ2v) is 6.44. The van der Waals surface area contributed by atoms with E-state index in [1.807, 2.05) is 13.8 Å². The Labute approximate surface area is 118 Å². The summed E-state index contributed by atoms with van der Waals surface area (Å²) in [5, 5.41) is 12.0. The molecule has 3 atom stereocenters. The smallest absolute Gasteiger partial charge is 0.307 e. The van der Waals surface area contributed by atoms with Gasteiger partial charge in [-0.2, -0.15) is 0 Å². The summed E-state index contributed by atoms with van der Waals surface area (Å²) in [5.41, 5.74) is -0.468. The molecular weight excluding hydrogens is 260 g/mol. The molecule has 0 aromatic heterocycles. The lowest BCUT2D eigenvalue weighted by molar-refractivity contribution is -0.142. The quantitative estimate of drug-likeness (QED) is 0.788. The lowest BCUT2D eigenvalue weighted by atomic mass is 10.0. The zero-order valence-electron chi connectivity index (χ0n) is 12.2. The van der Waals surface area contributed by atoms with E-state index in [4.69, 9.17) is 5.11 Å². The monoisotopic (exact) mass is 282 g/mol. The Bertz CT molecular complexity index is 446. The van der Waals surface area contributed by atoms with E-state index in [2.05, 4.69) is 5.32 Å². The number of nitrogens with one attached hydrogen (secondary N) is 1. The number of carbonyl (C=O) groups excluding carboxylic acids is 2. The molecule has 1 heterocycles. The molecule has 2 fully saturated rings. The fourth-order valence-electron chi connectivity index (χ4n) is 3.34. The highest BCUT2D eigenvalue weighted by Crippen LogP contribution is 2.59. The molecule has 0 bridgehead atoms. The van der Waals surface area contributed by atoms with Crippen molar-refractivity contribution in [1.29, 1.82) is 0 Å². The van der Waals surface area contributed by atoms with Crippen molar-refractivity contribution in [3.8, 4) is 0 Å². The number of carbonyl (C=O) groups is 3. The number of rotatable bonds is 3. The van der Waals surface area contributed by atoms with Gasteiger partial charge in [0, 0.05) is 26.1 Å². The molecule has 1 saturated carbocycles. The molecule has 0 spiro atoms. The van der Waals surface area contributed by atoms with Crippen LogP contribution in [-0.4, -0.2) is 46.9 Å². The molecule has 1 aliphatic heterocycles. The van der Waals surface area contributed by atoms with Crippen LogP contribution < -0.4 is 5.32 Å². The second kappa shape index (κ2) is 5.07. The van der Waals surface area contributed by atoms with Crippen molar-refractivity contribution in [2.45, 2.75) is 39.7 Å². The summed E-state index contributed by atoms with van der Waals surface area (Å²) in [6.07, 6.45) is 1.70. The number of amides is 2. The fourth-order valence-corrected chi connectivity index (χ4v) is 3.34. The highest BCUT2D eigenvalue weighted by Gasteiger charge is 2.66. The lowest BCUT2D eigenvalue weighted by Gasteiger charge is -2.33. The fraction of sp³-hybridized carbons (Fsp3) is 0.786. The van der Waals surface area contributed by atoms with Crippen LogP contribution in [0.25, 0.3) is 0 Å². The molecule has 0 radical (unpaired) electrons. The van der Waals surface area contributed by atoms with Crippen molar-refractivity contribution in [1.82, 2.24) is 10.2 Å². The largest absolute Gasteiger partial charge is 0.481 e. The van der Waals surface area contributed by atoms with Crippen LogP contribution in [0.2, 0.25) is 0 Å². The topological polar surface area (TPSA) is 86.7 Å². The molecule has 6 heteroatoms. The van der Waals surface area contributed by atoms with Gasteiger partial charge in [-0.3, -0.25) is 14.4 Å². The van der Waals surface area contributed by atoms with E-state index in [0.29, 0.717) is 13.1 Å². The molecule has 6 nitrogen and oxygen atoms in total. The van der Waals surface area contributed by atoms with E-state index < -0.39 is 23.2 Å². The first-order chi connectivity index (χ1) is 9.25. The van der Waals surface area contributed by atoms with Crippen LogP contribution in [-0.2, 0) is 14.4 Å². The third-order valence-electron chi connectivity index (χ3n) is 4.50. The molecular formula is C14H22N2O4. The normalized spacial score (nSPS) is 31.6. The first-order valence-corrected chi connectivity index (χ1v) is 7.04. The van der Waals surface area contributed by atoms with Crippen molar-refractivity contribution in [2.75, 3.05) is 13.1 Å². The van der Waals surface area contributed by atoms with Gasteiger partial charge in [0.05, 0.1) is 11.8 Å². The second-order valence-electron chi connectivity index (χ2n) is 6.44. The van der Waals surface area contributed by atoms with Crippen LogP contribution in [0.1, 0.15) is 33.6 Å².